The van der Waals surface area contributed by atoms with Crippen LogP contribution < -0.4 is 10.1 Å². The molecule has 1 fully saturated rings. The van der Waals surface area contributed by atoms with Gasteiger partial charge in [0.15, 0.2) is 0 Å². The molecular formula is C11H12F3NO. The Morgan fingerprint density at radius 2 is 2.19 bits per heavy atom. The number of alkyl halides is 2. The molecule has 0 amide bonds. The minimum absolute atomic E-state index is 0.126. The van der Waals surface area contributed by atoms with Crippen molar-refractivity contribution in [1.82, 2.24) is 5.32 Å². The molecule has 1 heterocycles. The number of benzene rings is 1. The van der Waals surface area contributed by atoms with Crippen molar-refractivity contribution in [3.63, 3.8) is 0 Å². The van der Waals surface area contributed by atoms with E-state index in [2.05, 4.69) is 10.1 Å². The second-order valence-electron chi connectivity index (χ2n) is 3.75. The van der Waals surface area contributed by atoms with Crippen LogP contribution in [-0.2, 0) is 0 Å². The maximum Gasteiger partial charge on any atom is 0.387 e. The van der Waals surface area contributed by atoms with Crippen LogP contribution in [0.3, 0.4) is 0 Å². The molecule has 0 saturated carbocycles. The molecule has 1 aromatic rings. The predicted octanol–water partition coefficient (Wildman–Crippen LogP) is 2.50. The molecular weight excluding hydrogens is 219 g/mol. The molecule has 5 heteroatoms. The highest BCUT2D eigenvalue weighted by atomic mass is 19.3. The number of hydrogen-bond acceptors (Lipinski definition) is 2. The standard InChI is InChI=1S/C11H12F3NO/c12-10-5-8(16-11(13)14)1-2-9(10)7-3-4-15-6-7/h1-2,5,7,11,15H,3-4,6H2. The number of hydrogen-bond donors (Lipinski definition) is 1. The average Bonchev–Trinajstić information content (AvgIpc) is 2.69. The lowest BCUT2D eigenvalue weighted by Gasteiger charge is -2.11. The Hall–Kier alpha value is -1.23. The van der Waals surface area contributed by atoms with E-state index in [-0.39, 0.29) is 11.7 Å². The van der Waals surface area contributed by atoms with Crippen LogP contribution in [0.25, 0.3) is 0 Å². The Morgan fingerprint density at radius 3 is 2.75 bits per heavy atom. The minimum atomic E-state index is -2.92. The van der Waals surface area contributed by atoms with E-state index in [1.807, 2.05) is 0 Å². The molecule has 1 atom stereocenters. The monoisotopic (exact) mass is 231 g/mol. The van der Waals surface area contributed by atoms with Crippen molar-refractivity contribution in [2.75, 3.05) is 13.1 Å². The number of halogens is 3. The van der Waals surface area contributed by atoms with Crippen molar-refractivity contribution in [1.29, 1.82) is 0 Å². The van der Waals surface area contributed by atoms with Crippen LogP contribution in [0.15, 0.2) is 18.2 Å². The third-order valence-electron chi connectivity index (χ3n) is 2.70. The van der Waals surface area contributed by atoms with Crippen molar-refractivity contribution >= 4 is 0 Å². The first-order valence-corrected chi connectivity index (χ1v) is 5.12. The molecule has 16 heavy (non-hydrogen) atoms. The van der Waals surface area contributed by atoms with Crippen molar-refractivity contribution in [3.8, 4) is 5.75 Å². The summed E-state index contributed by atoms with van der Waals surface area (Å²) in [6.07, 6.45) is 0.867. The summed E-state index contributed by atoms with van der Waals surface area (Å²) in [6.45, 7) is -1.33. The minimum Gasteiger partial charge on any atom is -0.435 e. The van der Waals surface area contributed by atoms with Gasteiger partial charge in [0.2, 0.25) is 0 Å². The zero-order valence-electron chi connectivity index (χ0n) is 8.55. The molecule has 0 spiro atoms. The number of rotatable bonds is 3. The van der Waals surface area contributed by atoms with Gasteiger partial charge in [-0.2, -0.15) is 8.78 Å². The highest BCUT2D eigenvalue weighted by Gasteiger charge is 2.20. The van der Waals surface area contributed by atoms with Gasteiger partial charge in [-0.05, 0) is 24.6 Å². The predicted molar refractivity (Wildman–Crippen MR) is 53.3 cm³/mol. The normalized spacial score (nSPS) is 20.4. The first-order chi connectivity index (χ1) is 7.66. The lowest BCUT2D eigenvalue weighted by atomic mass is 9.98. The van der Waals surface area contributed by atoms with Gasteiger partial charge in [-0.1, -0.05) is 6.07 Å². The molecule has 1 aliphatic rings. The van der Waals surface area contributed by atoms with E-state index < -0.39 is 12.4 Å². The fraction of sp³-hybridized carbons (Fsp3) is 0.455. The van der Waals surface area contributed by atoms with Gasteiger partial charge in [-0.15, -0.1) is 0 Å². The van der Waals surface area contributed by atoms with E-state index in [0.29, 0.717) is 5.56 Å². The maximum atomic E-state index is 13.6. The number of ether oxygens (including phenoxy) is 1. The molecule has 2 nitrogen and oxygen atoms in total. The van der Waals surface area contributed by atoms with E-state index in [1.54, 1.807) is 0 Å². The van der Waals surface area contributed by atoms with Crippen molar-refractivity contribution in [2.45, 2.75) is 19.0 Å². The van der Waals surface area contributed by atoms with Gasteiger partial charge in [0.05, 0.1) is 0 Å². The van der Waals surface area contributed by atoms with E-state index in [9.17, 15) is 13.2 Å². The summed E-state index contributed by atoms with van der Waals surface area (Å²) in [5.41, 5.74) is 0.562. The van der Waals surface area contributed by atoms with Gasteiger partial charge in [0.1, 0.15) is 11.6 Å². The maximum absolute atomic E-state index is 13.6. The van der Waals surface area contributed by atoms with E-state index >= 15 is 0 Å². The summed E-state index contributed by atoms with van der Waals surface area (Å²) in [5.74, 6) is -0.491. The fourth-order valence-electron chi connectivity index (χ4n) is 1.94. The molecule has 1 saturated heterocycles. The van der Waals surface area contributed by atoms with Crippen molar-refractivity contribution < 1.29 is 17.9 Å². The molecule has 88 valence electrons. The summed E-state index contributed by atoms with van der Waals surface area (Å²) in [5, 5.41) is 3.13. The molecule has 1 N–H and O–H groups in total. The Kier molecular flexibility index (Phi) is 3.33. The molecule has 2 rings (SSSR count). The third-order valence-corrected chi connectivity index (χ3v) is 2.70. The fourth-order valence-corrected chi connectivity index (χ4v) is 1.94. The van der Waals surface area contributed by atoms with Crippen LogP contribution in [0.1, 0.15) is 17.9 Å². The summed E-state index contributed by atoms with van der Waals surface area (Å²) in [4.78, 5) is 0. The molecule has 0 radical (unpaired) electrons. The van der Waals surface area contributed by atoms with Crippen LogP contribution in [0.5, 0.6) is 5.75 Å². The van der Waals surface area contributed by atoms with Gasteiger partial charge in [0.25, 0.3) is 0 Å². The van der Waals surface area contributed by atoms with Crippen molar-refractivity contribution in [3.05, 3.63) is 29.6 Å². The molecule has 0 aromatic heterocycles. The van der Waals surface area contributed by atoms with Gasteiger partial charge in [-0.3, -0.25) is 0 Å². The van der Waals surface area contributed by atoms with E-state index in [4.69, 9.17) is 0 Å². The van der Waals surface area contributed by atoms with E-state index in [1.165, 1.54) is 12.1 Å². The molecule has 0 aliphatic carbocycles. The van der Waals surface area contributed by atoms with Gasteiger partial charge >= 0.3 is 6.61 Å². The highest BCUT2D eigenvalue weighted by Crippen LogP contribution is 2.27. The van der Waals surface area contributed by atoms with Gasteiger partial charge < -0.3 is 10.1 Å². The summed E-state index contributed by atoms with van der Waals surface area (Å²) in [6, 6.07) is 3.91. The summed E-state index contributed by atoms with van der Waals surface area (Å²) in [7, 11) is 0. The summed E-state index contributed by atoms with van der Waals surface area (Å²) >= 11 is 0. The van der Waals surface area contributed by atoms with Crippen LogP contribution >= 0.6 is 0 Å². The second-order valence-corrected chi connectivity index (χ2v) is 3.75. The highest BCUT2D eigenvalue weighted by molar-refractivity contribution is 5.31. The first-order valence-electron chi connectivity index (χ1n) is 5.12. The zero-order chi connectivity index (χ0) is 11.5. The first kappa shape index (κ1) is 11.3. The van der Waals surface area contributed by atoms with Gasteiger partial charge in [-0.25, -0.2) is 4.39 Å². The Morgan fingerprint density at radius 1 is 1.38 bits per heavy atom. The van der Waals surface area contributed by atoms with E-state index in [0.717, 1.165) is 25.6 Å². The number of nitrogens with one attached hydrogen (secondary N) is 1. The topological polar surface area (TPSA) is 21.3 Å². The Balaban J connectivity index is 2.15. The zero-order valence-corrected chi connectivity index (χ0v) is 8.55. The van der Waals surface area contributed by atoms with Crippen LogP contribution in [0, 0.1) is 5.82 Å². The third kappa shape index (κ3) is 2.47. The smallest absolute Gasteiger partial charge is 0.387 e. The SMILES string of the molecule is Fc1cc(OC(F)F)ccc1C1CCNC1. The Labute approximate surface area is 91.4 Å². The molecule has 0 bridgehead atoms. The lowest BCUT2D eigenvalue weighted by molar-refractivity contribution is -0.0500. The summed E-state index contributed by atoms with van der Waals surface area (Å²) < 4.78 is 41.5. The van der Waals surface area contributed by atoms with Crippen LogP contribution in [-0.4, -0.2) is 19.7 Å². The molecule has 1 aromatic carbocycles. The van der Waals surface area contributed by atoms with Crippen LogP contribution in [0.2, 0.25) is 0 Å². The quantitative estimate of drug-likeness (QED) is 0.863. The largest absolute Gasteiger partial charge is 0.435 e. The van der Waals surface area contributed by atoms with Crippen molar-refractivity contribution in [2.24, 2.45) is 0 Å². The second kappa shape index (κ2) is 4.74. The molecule has 1 aliphatic heterocycles. The molecule has 1 unspecified atom stereocenters. The average molecular weight is 231 g/mol. The van der Waals surface area contributed by atoms with Gasteiger partial charge in [0, 0.05) is 18.5 Å². The Bertz CT molecular complexity index is 364. The van der Waals surface area contributed by atoms with Crippen LogP contribution in [0.4, 0.5) is 13.2 Å². The lowest BCUT2D eigenvalue weighted by Crippen LogP contribution is -2.09.